The summed E-state index contributed by atoms with van der Waals surface area (Å²) in [6, 6.07) is 10.7. The molecule has 1 amide bonds. The fourth-order valence-corrected chi connectivity index (χ4v) is 4.08. The standard InChI is InChI=1S/C25H30N2O5/c1-5-26(6-2)13-14-27-22(17-7-10-19(28)11-8-17)21(24(30)25(27)31)23(29)18-9-12-20(32-4)16(3)15-18/h7-12,15,22,28-29H,5-6,13-14H2,1-4H3/b23-21+/t22-/m1/s1. The normalized spacial score (nSPS) is 17.9. The van der Waals surface area contributed by atoms with Gasteiger partial charge in [0.1, 0.15) is 17.3 Å². The van der Waals surface area contributed by atoms with Gasteiger partial charge < -0.3 is 24.7 Å². The number of nitrogens with zero attached hydrogens (tertiary/aromatic N) is 2. The molecule has 2 aromatic carbocycles. The molecule has 170 valence electrons. The molecule has 2 aromatic rings. The molecule has 7 nitrogen and oxygen atoms in total. The van der Waals surface area contributed by atoms with Crippen LogP contribution in [0, 0.1) is 6.92 Å². The van der Waals surface area contributed by atoms with Gasteiger partial charge in [-0.05, 0) is 61.5 Å². The third-order valence-electron chi connectivity index (χ3n) is 5.97. The van der Waals surface area contributed by atoms with Gasteiger partial charge in [0.2, 0.25) is 0 Å². The third-order valence-corrected chi connectivity index (χ3v) is 5.97. The Balaban J connectivity index is 2.10. The number of Topliss-reactive ketones (excluding diaryl/α,β-unsaturated/α-hetero) is 1. The minimum absolute atomic E-state index is 0.0461. The number of carbonyl (C=O) groups excluding carboxylic acids is 2. The highest BCUT2D eigenvalue weighted by Crippen LogP contribution is 2.40. The number of hydrogen-bond donors (Lipinski definition) is 2. The molecule has 0 spiro atoms. The first-order valence-electron chi connectivity index (χ1n) is 10.8. The van der Waals surface area contributed by atoms with Crippen LogP contribution in [0.5, 0.6) is 11.5 Å². The van der Waals surface area contributed by atoms with Crippen molar-refractivity contribution in [2.75, 3.05) is 33.3 Å². The van der Waals surface area contributed by atoms with E-state index in [0.717, 1.165) is 18.7 Å². The highest BCUT2D eigenvalue weighted by molar-refractivity contribution is 6.46. The van der Waals surface area contributed by atoms with Crippen molar-refractivity contribution in [3.63, 3.8) is 0 Å². The summed E-state index contributed by atoms with van der Waals surface area (Å²) < 4.78 is 5.28. The Morgan fingerprint density at radius 1 is 1.09 bits per heavy atom. The SMILES string of the molecule is CCN(CC)CCN1C(=O)C(=O)/C(=C(/O)c2ccc(OC)c(C)c2)[C@H]1c1ccc(O)cc1. The van der Waals surface area contributed by atoms with E-state index in [4.69, 9.17) is 4.74 Å². The zero-order chi connectivity index (χ0) is 23.4. The summed E-state index contributed by atoms with van der Waals surface area (Å²) >= 11 is 0. The second-order valence-corrected chi connectivity index (χ2v) is 7.80. The summed E-state index contributed by atoms with van der Waals surface area (Å²) in [6.45, 7) is 8.54. The molecule has 1 aliphatic rings. The number of ketones is 1. The van der Waals surface area contributed by atoms with E-state index in [1.165, 1.54) is 17.0 Å². The molecule has 1 saturated heterocycles. The Labute approximate surface area is 188 Å². The van der Waals surface area contributed by atoms with E-state index in [1.807, 2.05) is 20.8 Å². The zero-order valence-corrected chi connectivity index (χ0v) is 19.0. The molecule has 0 aromatic heterocycles. The lowest BCUT2D eigenvalue weighted by atomic mass is 9.94. The second-order valence-electron chi connectivity index (χ2n) is 7.80. The topological polar surface area (TPSA) is 90.3 Å². The molecule has 0 saturated carbocycles. The van der Waals surface area contributed by atoms with Gasteiger partial charge in [-0.3, -0.25) is 9.59 Å². The van der Waals surface area contributed by atoms with Gasteiger partial charge in [-0.1, -0.05) is 26.0 Å². The van der Waals surface area contributed by atoms with Crippen LogP contribution < -0.4 is 4.74 Å². The first-order chi connectivity index (χ1) is 15.3. The lowest BCUT2D eigenvalue weighted by Gasteiger charge is -2.28. The number of amides is 1. The van der Waals surface area contributed by atoms with E-state index in [9.17, 15) is 19.8 Å². The van der Waals surface area contributed by atoms with E-state index < -0.39 is 17.7 Å². The molecule has 0 aliphatic carbocycles. The number of phenols is 1. The van der Waals surface area contributed by atoms with Crippen molar-refractivity contribution in [1.29, 1.82) is 0 Å². The predicted molar refractivity (Wildman–Crippen MR) is 123 cm³/mol. The van der Waals surface area contributed by atoms with E-state index in [1.54, 1.807) is 37.4 Å². The Morgan fingerprint density at radius 3 is 2.31 bits per heavy atom. The molecule has 7 heteroatoms. The number of likely N-dealkylation sites (N-methyl/N-ethyl adjacent to an activating group) is 1. The second kappa shape index (κ2) is 9.87. The molecule has 1 heterocycles. The maximum absolute atomic E-state index is 13.1. The number of phenolic OH excluding ortho intramolecular Hbond substituents is 1. The molecule has 0 radical (unpaired) electrons. The van der Waals surface area contributed by atoms with Gasteiger partial charge in [-0.15, -0.1) is 0 Å². The number of aliphatic hydroxyl groups excluding tert-OH is 1. The third kappa shape index (κ3) is 4.48. The zero-order valence-electron chi connectivity index (χ0n) is 19.0. The molecular formula is C25H30N2O5. The number of methoxy groups -OCH3 is 1. The maximum Gasteiger partial charge on any atom is 0.295 e. The lowest BCUT2D eigenvalue weighted by Crippen LogP contribution is -2.38. The summed E-state index contributed by atoms with van der Waals surface area (Å²) in [6.07, 6.45) is 0. The fourth-order valence-electron chi connectivity index (χ4n) is 4.08. The molecular weight excluding hydrogens is 408 g/mol. The number of ether oxygens (including phenoxy) is 1. The molecule has 1 aliphatic heterocycles. The van der Waals surface area contributed by atoms with Crippen LogP contribution in [0.3, 0.4) is 0 Å². The average Bonchev–Trinajstić information content (AvgIpc) is 3.04. The summed E-state index contributed by atoms with van der Waals surface area (Å²) in [4.78, 5) is 29.8. The van der Waals surface area contributed by atoms with Crippen LogP contribution in [0.4, 0.5) is 0 Å². The number of carbonyl (C=O) groups is 2. The van der Waals surface area contributed by atoms with Crippen LogP contribution in [0.25, 0.3) is 5.76 Å². The number of likely N-dealkylation sites (tertiary alicyclic amines) is 1. The highest BCUT2D eigenvalue weighted by atomic mass is 16.5. The number of aryl methyl sites for hydroxylation is 1. The van der Waals surface area contributed by atoms with Crippen LogP contribution in [0.2, 0.25) is 0 Å². The number of rotatable bonds is 8. The number of aliphatic hydroxyl groups is 1. The van der Waals surface area contributed by atoms with Gasteiger partial charge in [0.05, 0.1) is 18.7 Å². The van der Waals surface area contributed by atoms with E-state index >= 15 is 0 Å². The quantitative estimate of drug-likeness (QED) is 0.373. The van der Waals surface area contributed by atoms with Crippen LogP contribution in [0.15, 0.2) is 48.0 Å². The summed E-state index contributed by atoms with van der Waals surface area (Å²) in [5, 5.41) is 20.9. The van der Waals surface area contributed by atoms with Crippen molar-refractivity contribution in [3.8, 4) is 11.5 Å². The van der Waals surface area contributed by atoms with Gasteiger partial charge in [-0.2, -0.15) is 0 Å². The molecule has 1 atom stereocenters. The Bertz CT molecular complexity index is 1030. The smallest absolute Gasteiger partial charge is 0.295 e. The molecule has 0 unspecified atom stereocenters. The highest BCUT2D eigenvalue weighted by Gasteiger charge is 2.46. The first-order valence-corrected chi connectivity index (χ1v) is 10.8. The van der Waals surface area contributed by atoms with Gasteiger partial charge in [0, 0.05) is 18.7 Å². The monoisotopic (exact) mass is 438 g/mol. The van der Waals surface area contributed by atoms with Crippen molar-refractivity contribution in [2.45, 2.75) is 26.8 Å². The lowest BCUT2D eigenvalue weighted by molar-refractivity contribution is -0.140. The number of hydrogen-bond acceptors (Lipinski definition) is 6. The molecule has 0 bridgehead atoms. The maximum atomic E-state index is 13.1. The van der Waals surface area contributed by atoms with Crippen LogP contribution in [-0.4, -0.2) is 65.0 Å². The van der Waals surface area contributed by atoms with Crippen LogP contribution >= 0.6 is 0 Å². The minimum atomic E-state index is -0.742. The van der Waals surface area contributed by atoms with Gasteiger partial charge >= 0.3 is 0 Å². The summed E-state index contributed by atoms with van der Waals surface area (Å²) in [7, 11) is 1.56. The van der Waals surface area contributed by atoms with Crippen molar-refractivity contribution in [1.82, 2.24) is 9.80 Å². The van der Waals surface area contributed by atoms with Crippen molar-refractivity contribution in [3.05, 3.63) is 64.7 Å². The van der Waals surface area contributed by atoms with Crippen molar-refractivity contribution in [2.24, 2.45) is 0 Å². The van der Waals surface area contributed by atoms with Gasteiger partial charge in [-0.25, -0.2) is 0 Å². The number of aromatic hydroxyl groups is 1. The van der Waals surface area contributed by atoms with Crippen LogP contribution in [-0.2, 0) is 9.59 Å². The minimum Gasteiger partial charge on any atom is -0.508 e. The molecule has 3 rings (SSSR count). The van der Waals surface area contributed by atoms with Gasteiger partial charge in [0.15, 0.2) is 0 Å². The van der Waals surface area contributed by atoms with Crippen molar-refractivity contribution >= 4 is 17.4 Å². The first kappa shape index (κ1) is 23.3. The summed E-state index contributed by atoms with van der Waals surface area (Å²) in [5.74, 6) is -0.830. The van der Waals surface area contributed by atoms with E-state index in [2.05, 4.69) is 4.90 Å². The summed E-state index contributed by atoms with van der Waals surface area (Å²) in [5.41, 5.74) is 1.93. The van der Waals surface area contributed by atoms with Crippen LogP contribution in [0.1, 0.15) is 36.6 Å². The van der Waals surface area contributed by atoms with E-state index in [-0.39, 0.29) is 17.1 Å². The Hall–Kier alpha value is -3.32. The Morgan fingerprint density at radius 2 is 1.75 bits per heavy atom. The average molecular weight is 439 g/mol. The predicted octanol–water partition coefficient (Wildman–Crippen LogP) is 3.47. The van der Waals surface area contributed by atoms with E-state index in [0.29, 0.717) is 30.0 Å². The largest absolute Gasteiger partial charge is 0.508 e. The number of benzene rings is 2. The van der Waals surface area contributed by atoms with Crippen molar-refractivity contribution < 1.29 is 24.5 Å². The van der Waals surface area contributed by atoms with Gasteiger partial charge in [0.25, 0.3) is 11.7 Å². The Kier molecular flexibility index (Phi) is 7.20. The fraction of sp³-hybridized carbons (Fsp3) is 0.360. The molecule has 2 N–H and O–H groups in total. The molecule has 1 fully saturated rings. The molecule has 32 heavy (non-hydrogen) atoms.